The van der Waals surface area contributed by atoms with Gasteiger partial charge in [0.1, 0.15) is 18.7 Å². The van der Waals surface area contributed by atoms with Gasteiger partial charge in [-0.3, -0.25) is 0 Å². The molecule has 0 unspecified atom stereocenters. The number of hydrogen-bond acceptors (Lipinski definition) is 2. The minimum Gasteiger partial charge on any atom is -0.195 e. The van der Waals surface area contributed by atoms with E-state index in [0.29, 0.717) is 17.7 Å². The third-order valence-electron chi connectivity index (χ3n) is 1.45. The Hall–Kier alpha value is -1.61. The molecule has 3 heteroatoms. The zero-order chi connectivity index (χ0) is 7.56. The summed E-state index contributed by atoms with van der Waals surface area (Å²) in [7, 11) is 1.77. The van der Waals surface area contributed by atoms with Gasteiger partial charge in [-0.1, -0.05) is 0 Å². The molecule has 0 N–H and O–H groups in total. The molecule has 48 valence electrons. The van der Waals surface area contributed by atoms with Gasteiger partial charge >= 0.3 is 0 Å². The molecule has 0 spiro atoms. The van der Waals surface area contributed by atoms with Crippen LogP contribution in [0, 0.1) is 22.7 Å². The fourth-order valence-corrected chi connectivity index (χ4v) is 0.874. The van der Waals surface area contributed by atoms with Crippen LogP contribution in [0.25, 0.3) is 0 Å². The number of allylic oxidation sites excluding steroid dienone is 2. The van der Waals surface area contributed by atoms with Gasteiger partial charge in [0.05, 0.1) is 6.42 Å². The largest absolute Gasteiger partial charge is 0.297 e. The molecule has 0 atom stereocenters. The van der Waals surface area contributed by atoms with Crippen molar-refractivity contribution in [2.24, 2.45) is 0 Å². The molecule has 0 aromatic heterocycles. The van der Waals surface area contributed by atoms with Gasteiger partial charge < -0.3 is 0 Å². The highest BCUT2D eigenvalue weighted by Crippen LogP contribution is 2.11. The molecule has 3 nitrogen and oxygen atoms in total. The van der Waals surface area contributed by atoms with Crippen LogP contribution in [0.3, 0.4) is 0 Å². The van der Waals surface area contributed by atoms with Crippen LogP contribution in [0.15, 0.2) is 11.3 Å². The summed E-state index contributed by atoms with van der Waals surface area (Å²) in [5.74, 6) is 0. The van der Waals surface area contributed by atoms with Gasteiger partial charge in [0.25, 0.3) is 5.70 Å². The quantitative estimate of drug-likeness (QED) is 0.448. The summed E-state index contributed by atoms with van der Waals surface area (Å²) in [4.78, 5) is 0. The molecule has 0 saturated heterocycles. The number of hydrogen-bond donors (Lipinski definition) is 0. The summed E-state index contributed by atoms with van der Waals surface area (Å²) in [5, 5.41) is 17.0. The van der Waals surface area contributed by atoms with Crippen molar-refractivity contribution in [3.05, 3.63) is 11.3 Å². The van der Waals surface area contributed by atoms with Gasteiger partial charge in [-0.15, -0.1) is 0 Å². The third kappa shape index (κ3) is 0.784. The Morgan fingerprint density at radius 1 is 1.50 bits per heavy atom. The van der Waals surface area contributed by atoms with E-state index in [0.717, 1.165) is 0 Å². The lowest BCUT2D eigenvalue weighted by Crippen LogP contribution is -1.98. The maximum Gasteiger partial charge on any atom is 0.297 e. The van der Waals surface area contributed by atoms with Crippen molar-refractivity contribution in [3.8, 4) is 12.1 Å². The SMILES string of the molecule is C[N+]1=CCC(C#N)=C1C#N. The normalized spacial score (nSPS) is 16.1. The van der Waals surface area contributed by atoms with Crippen molar-refractivity contribution in [2.75, 3.05) is 7.05 Å². The highest BCUT2D eigenvalue weighted by molar-refractivity contribution is 5.64. The molecule has 0 aromatic rings. The summed E-state index contributed by atoms with van der Waals surface area (Å²) >= 11 is 0. The van der Waals surface area contributed by atoms with Gasteiger partial charge in [-0.25, -0.2) is 0 Å². The van der Waals surface area contributed by atoms with Crippen molar-refractivity contribution >= 4 is 6.21 Å². The first-order chi connectivity index (χ1) is 4.79. The average molecular weight is 132 g/mol. The molecule has 0 aliphatic carbocycles. The van der Waals surface area contributed by atoms with E-state index in [9.17, 15) is 0 Å². The van der Waals surface area contributed by atoms with E-state index in [4.69, 9.17) is 10.5 Å². The maximum absolute atomic E-state index is 8.52. The Morgan fingerprint density at radius 2 is 2.20 bits per heavy atom. The Balaban J connectivity index is 3.10. The predicted octanol–water partition coefficient (Wildman–Crippen LogP) is 0.404. The first-order valence-corrected chi connectivity index (χ1v) is 2.89. The van der Waals surface area contributed by atoms with Crippen LogP contribution in [-0.4, -0.2) is 17.8 Å². The van der Waals surface area contributed by atoms with Gasteiger partial charge in [-0.05, 0) is 0 Å². The second kappa shape index (κ2) is 2.33. The fourth-order valence-electron chi connectivity index (χ4n) is 0.874. The molecule has 1 heterocycles. The monoisotopic (exact) mass is 132 g/mol. The molecule has 1 aliphatic rings. The summed E-state index contributed by atoms with van der Waals surface area (Å²) in [6.07, 6.45) is 2.41. The Morgan fingerprint density at radius 3 is 2.60 bits per heavy atom. The predicted molar refractivity (Wildman–Crippen MR) is 35.1 cm³/mol. The highest BCUT2D eigenvalue weighted by atomic mass is 15.0. The van der Waals surface area contributed by atoms with E-state index in [1.807, 2.05) is 18.4 Å². The van der Waals surface area contributed by atoms with Gasteiger partial charge in [0, 0.05) is 0 Å². The number of nitrogens with zero attached hydrogens (tertiary/aromatic N) is 3. The van der Waals surface area contributed by atoms with Gasteiger partial charge in [0.15, 0.2) is 12.3 Å². The molecule has 0 radical (unpaired) electrons. The molecule has 10 heavy (non-hydrogen) atoms. The molecule has 0 saturated carbocycles. The van der Waals surface area contributed by atoms with Crippen LogP contribution in [0.1, 0.15) is 6.42 Å². The Labute approximate surface area is 59.1 Å². The smallest absolute Gasteiger partial charge is 0.195 e. The molecule has 0 amide bonds. The Kier molecular flexibility index (Phi) is 1.51. The third-order valence-corrected chi connectivity index (χ3v) is 1.45. The van der Waals surface area contributed by atoms with Crippen molar-refractivity contribution in [2.45, 2.75) is 6.42 Å². The first-order valence-electron chi connectivity index (χ1n) is 2.89. The second-order valence-corrected chi connectivity index (χ2v) is 2.05. The summed E-state index contributed by atoms with van der Waals surface area (Å²) < 4.78 is 1.68. The van der Waals surface area contributed by atoms with Crippen molar-refractivity contribution in [1.29, 1.82) is 10.5 Å². The molecule has 0 fully saturated rings. The standard InChI is InChI=1S/C7H6N3/c1-10-3-2-6(4-8)7(10)5-9/h3H,2H2,1H3/q+1. The lowest BCUT2D eigenvalue weighted by Gasteiger charge is -1.82. The van der Waals surface area contributed by atoms with Crippen LogP contribution in [0.4, 0.5) is 0 Å². The topological polar surface area (TPSA) is 50.6 Å². The van der Waals surface area contributed by atoms with Crippen molar-refractivity contribution < 1.29 is 4.58 Å². The van der Waals surface area contributed by atoms with Crippen LogP contribution in [0.2, 0.25) is 0 Å². The average Bonchev–Trinajstić information content (AvgIpc) is 2.30. The summed E-state index contributed by atoms with van der Waals surface area (Å²) in [6.45, 7) is 0. The lowest BCUT2D eigenvalue weighted by molar-refractivity contribution is -0.428. The minimum atomic E-state index is 0.475. The van der Waals surface area contributed by atoms with E-state index in [2.05, 4.69) is 0 Å². The zero-order valence-corrected chi connectivity index (χ0v) is 5.63. The molecule has 1 rings (SSSR count). The minimum absolute atomic E-state index is 0.475. The summed E-state index contributed by atoms with van der Waals surface area (Å²) in [6, 6.07) is 3.95. The van der Waals surface area contributed by atoms with Crippen molar-refractivity contribution in [3.63, 3.8) is 0 Å². The number of nitriles is 2. The summed E-state index contributed by atoms with van der Waals surface area (Å²) in [5.41, 5.74) is 1.03. The van der Waals surface area contributed by atoms with E-state index < -0.39 is 0 Å². The van der Waals surface area contributed by atoms with Crippen molar-refractivity contribution in [1.82, 2.24) is 0 Å². The zero-order valence-electron chi connectivity index (χ0n) is 5.63. The van der Waals surface area contributed by atoms with E-state index >= 15 is 0 Å². The molecule has 1 aliphatic heterocycles. The van der Waals surface area contributed by atoms with Gasteiger partial charge in [0.2, 0.25) is 0 Å². The van der Waals surface area contributed by atoms with E-state index in [-0.39, 0.29) is 0 Å². The van der Waals surface area contributed by atoms with Crippen LogP contribution < -0.4 is 0 Å². The lowest BCUT2D eigenvalue weighted by atomic mass is 10.2. The number of rotatable bonds is 0. The molecular weight excluding hydrogens is 126 g/mol. The molecule has 0 bridgehead atoms. The maximum atomic E-state index is 8.52. The molecular formula is C7H6N3+. The molecule has 0 aromatic carbocycles. The first kappa shape index (κ1) is 6.51. The van der Waals surface area contributed by atoms with Gasteiger partial charge in [-0.2, -0.15) is 15.1 Å². The second-order valence-electron chi connectivity index (χ2n) is 2.05. The fraction of sp³-hybridized carbons (Fsp3) is 0.286. The van der Waals surface area contributed by atoms with Crippen LogP contribution in [-0.2, 0) is 0 Å². The van der Waals surface area contributed by atoms with Crippen LogP contribution in [0.5, 0.6) is 0 Å². The van der Waals surface area contributed by atoms with E-state index in [1.165, 1.54) is 0 Å². The highest BCUT2D eigenvalue weighted by Gasteiger charge is 2.21. The van der Waals surface area contributed by atoms with E-state index in [1.54, 1.807) is 11.6 Å². The Bertz CT molecular complexity index is 296. The van der Waals surface area contributed by atoms with Crippen LogP contribution >= 0.6 is 0 Å².